The van der Waals surface area contributed by atoms with Crippen LogP contribution in [0.1, 0.15) is 75.6 Å². The number of piperidine rings is 2. The number of aryl methyl sites for hydroxylation is 1. The number of hydrogen-bond acceptors (Lipinski definition) is 3. The molecule has 2 amide bonds. The summed E-state index contributed by atoms with van der Waals surface area (Å²) in [5, 5.41) is 3.73. The van der Waals surface area contributed by atoms with Crippen LogP contribution in [-0.2, 0) is 12.8 Å². The van der Waals surface area contributed by atoms with Gasteiger partial charge in [-0.25, -0.2) is 0 Å². The van der Waals surface area contributed by atoms with E-state index in [1.54, 1.807) is 18.2 Å². The van der Waals surface area contributed by atoms with Gasteiger partial charge in [0.15, 0.2) is 0 Å². The van der Waals surface area contributed by atoms with Crippen LogP contribution in [0.5, 0.6) is 0 Å². The van der Waals surface area contributed by atoms with Crippen LogP contribution in [0.3, 0.4) is 0 Å². The van der Waals surface area contributed by atoms with Gasteiger partial charge in [0.1, 0.15) is 0 Å². The largest absolute Gasteiger partial charge is 0.345 e. The van der Waals surface area contributed by atoms with Crippen molar-refractivity contribution in [2.24, 2.45) is 5.41 Å². The number of carbonyl (C=O) groups excluding carboxylic acids is 2. The van der Waals surface area contributed by atoms with Gasteiger partial charge in [0.2, 0.25) is 0 Å². The third-order valence-corrected chi connectivity index (χ3v) is 10.4. The van der Waals surface area contributed by atoms with E-state index in [1.165, 1.54) is 24.0 Å². The van der Waals surface area contributed by atoms with Crippen molar-refractivity contribution in [1.29, 1.82) is 0 Å². The molecule has 1 atom stereocenters. The summed E-state index contributed by atoms with van der Waals surface area (Å²) >= 11 is 12.4. The number of likely N-dealkylation sites (tertiary alicyclic amines) is 2. The predicted molar refractivity (Wildman–Crippen MR) is 165 cm³/mol. The third kappa shape index (κ3) is 6.18. The normalized spacial score (nSPS) is 20.1. The third-order valence-electron chi connectivity index (χ3n) is 9.56. The molecule has 1 aliphatic carbocycles. The van der Waals surface area contributed by atoms with Crippen molar-refractivity contribution in [2.75, 3.05) is 32.7 Å². The van der Waals surface area contributed by atoms with Gasteiger partial charge in [-0.1, -0.05) is 65.7 Å². The van der Waals surface area contributed by atoms with Crippen LogP contribution >= 0.6 is 23.2 Å². The number of rotatable bonds is 6. The lowest BCUT2D eigenvalue weighted by molar-refractivity contribution is 0.0305. The molecule has 3 aromatic rings. The van der Waals surface area contributed by atoms with Crippen molar-refractivity contribution in [1.82, 2.24) is 15.1 Å². The highest BCUT2D eigenvalue weighted by Gasteiger charge is 2.38. The van der Waals surface area contributed by atoms with Gasteiger partial charge in [-0.2, -0.15) is 0 Å². The molecule has 214 valence electrons. The first-order valence-corrected chi connectivity index (χ1v) is 15.6. The van der Waals surface area contributed by atoms with E-state index in [0.717, 1.165) is 70.4 Å². The average molecular weight is 591 g/mol. The molecule has 2 heterocycles. The minimum absolute atomic E-state index is 0.0952. The lowest BCUT2D eigenvalue weighted by atomic mass is 9.71. The van der Waals surface area contributed by atoms with Crippen molar-refractivity contribution in [3.8, 4) is 0 Å². The molecule has 41 heavy (non-hydrogen) atoms. The Labute approximate surface area is 252 Å². The molecule has 3 aliphatic rings. The molecule has 0 aromatic heterocycles. The van der Waals surface area contributed by atoms with Crippen LogP contribution < -0.4 is 5.32 Å². The summed E-state index contributed by atoms with van der Waals surface area (Å²) in [7, 11) is 0. The highest BCUT2D eigenvalue weighted by molar-refractivity contribution is 6.43. The second-order valence-corrected chi connectivity index (χ2v) is 12.7. The molecule has 2 saturated heterocycles. The summed E-state index contributed by atoms with van der Waals surface area (Å²) in [4.78, 5) is 31.2. The van der Waals surface area contributed by atoms with Gasteiger partial charge in [-0.15, -0.1) is 0 Å². The lowest BCUT2D eigenvalue weighted by Crippen LogP contribution is -2.48. The van der Waals surface area contributed by atoms with Gasteiger partial charge in [0, 0.05) is 25.2 Å². The maximum absolute atomic E-state index is 13.6. The highest BCUT2D eigenvalue weighted by atomic mass is 35.5. The lowest BCUT2D eigenvalue weighted by Gasteiger charge is -2.47. The Morgan fingerprint density at radius 3 is 2.37 bits per heavy atom. The fraction of sp³-hybridized carbons (Fsp3) is 0.412. The van der Waals surface area contributed by atoms with Crippen LogP contribution in [0.2, 0.25) is 10.0 Å². The molecular formula is C34H37Cl2N3O2. The predicted octanol–water partition coefficient (Wildman–Crippen LogP) is 6.97. The maximum Gasteiger partial charge on any atom is 0.253 e. The summed E-state index contributed by atoms with van der Waals surface area (Å²) in [6, 6.07) is 21.7. The Bertz CT molecular complexity index is 1410. The molecule has 3 aromatic carbocycles. The van der Waals surface area contributed by atoms with Crippen molar-refractivity contribution in [3.05, 3.63) is 105 Å². The zero-order chi connectivity index (χ0) is 28.4. The van der Waals surface area contributed by atoms with Crippen LogP contribution in [0.25, 0.3) is 0 Å². The SMILES string of the molecule is O=C(NC1CCc2ccc(C(=O)N3CCC4(CCN(CCc5ccccc5)CC4)CC3)cc21)c1cccc(Cl)c1Cl. The van der Waals surface area contributed by atoms with E-state index < -0.39 is 0 Å². The van der Waals surface area contributed by atoms with E-state index >= 15 is 0 Å². The van der Waals surface area contributed by atoms with Crippen molar-refractivity contribution < 1.29 is 9.59 Å². The van der Waals surface area contributed by atoms with Crippen molar-refractivity contribution >= 4 is 35.0 Å². The number of fused-ring (bicyclic) bond motifs is 1. The van der Waals surface area contributed by atoms with Gasteiger partial charge in [-0.05, 0) is 104 Å². The van der Waals surface area contributed by atoms with Gasteiger partial charge >= 0.3 is 0 Å². The second kappa shape index (κ2) is 12.2. The molecule has 2 aliphatic heterocycles. The van der Waals surface area contributed by atoms with Crippen molar-refractivity contribution in [3.63, 3.8) is 0 Å². The molecular weight excluding hydrogens is 553 g/mol. The summed E-state index contributed by atoms with van der Waals surface area (Å²) in [6.45, 7) is 5.05. The first-order chi connectivity index (χ1) is 19.9. The van der Waals surface area contributed by atoms with Crippen molar-refractivity contribution in [2.45, 2.75) is 51.0 Å². The fourth-order valence-corrected chi connectivity index (χ4v) is 7.24. The Balaban J connectivity index is 1.03. The van der Waals surface area contributed by atoms with Gasteiger partial charge in [-0.3, -0.25) is 9.59 Å². The standard InChI is InChI=1S/C34H37Cl2N3O2/c35-29-8-4-7-27(31(29)36)32(40)37-30-12-11-25-9-10-26(23-28(25)30)33(41)39-21-16-34(17-22-39)14-19-38(20-15-34)18-13-24-5-2-1-3-6-24/h1-10,23,30H,11-22H2,(H,37,40). The molecule has 5 nitrogen and oxygen atoms in total. The summed E-state index contributed by atoms with van der Waals surface area (Å²) < 4.78 is 0. The van der Waals surface area contributed by atoms with Crippen LogP contribution in [0.15, 0.2) is 66.7 Å². The number of nitrogens with one attached hydrogen (secondary N) is 1. The number of amides is 2. The minimum Gasteiger partial charge on any atom is -0.345 e. The van der Waals surface area contributed by atoms with E-state index in [-0.39, 0.29) is 22.9 Å². The molecule has 0 radical (unpaired) electrons. The molecule has 1 N–H and O–H groups in total. The van der Waals surface area contributed by atoms with Gasteiger partial charge < -0.3 is 15.1 Å². The Morgan fingerprint density at radius 2 is 1.61 bits per heavy atom. The molecule has 0 saturated carbocycles. The number of hydrogen-bond donors (Lipinski definition) is 1. The van der Waals surface area contributed by atoms with E-state index in [2.05, 4.69) is 46.6 Å². The topological polar surface area (TPSA) is 52.7 Å². The molecule has 1 spiro atoms. The van der Waals surface area contributed by atoms with E-state index in [4.69, 9.17) is 23.2 Å². The summed E-state index contributed by atoms with van der Waals surface area (Å²) in [5.41, 5.74) is 5.06. The van der Waals surface area contributed by atoms with E-state index in [1.807, 2.05) is 17.0 Å². The monoisotopic (exact) mass is 589 g/mol. The Morgan fingerprint density at radius 1 is 0.878 bits per heavy atom. The zero-order valence-corrected chi connectivity index (χ0v) is 24.9. The van der Waals surface area contributed by atoms with Gasteiger partial charge in [0.05, 0.1) is 21.7 Å². The van der Waals surface area contributed by atoms with E-state index in [9.17, 15) is 9.59 Å². The fourth-order valence-electron chi connectivity index (χ4n) is 6.85. The smallest absolute Gasteiger partial charge is 0.253 e. The molecule has 2 fully saturated rings. The summed E-state index contributed by atoms with van der Waals surface area (Å²) in [5.74, 6) is -0.155. The Hall–Kier alpha value is -2.86. The number of nitrogens with zero attached hydrogens (tertiary/aromatic N) is 2. The second-order valence-electron chi connectivity index (χ2n) is 11.9. The quantitative estimate of drug-likeness (QED) is 0.337. The molecule has 6 rings (SSSR count). The Kier molecular flexibility index (Phi) is 8.39. The summed E-state index contributed by atoms with van der Waals surface area (Å²) in [6.07, 6.45) is 7.37. The minimum atomic E-state index is -0.250. The van der Waals surface area contributed by atoms with Crippen LogP contribution in [0, 0.1) is 5.41 Å². The first kappa shape index (κ1) is 28.3. The molecule has 0 bridgehead atoms. The maximum atomic E-state index is 13.6. The first-order valence-electron chi connectivity index (χ1n) is 14.8. The number of benzene rings is 3. The highest BCUT2D eigenvalue weighted by Crippen LogP contribution is 2.42. The number of halogens is 2. The average Bonchev–Trinajstić information content (AvgIpc) is 3.40. The van der Waals surface area contributed by atoms with Crippen LogP contribution in [-0.4, -0.2) is 54.3 Å². The zero-order valence-electron chi connectivity index (χ0n) is 23.4. The molecule has 7 heteroatoms. The van der Waals surface area contributed by atoms with Gasteiger partial charge in [0.25, 0.3) is 11.8 Å². The van der Waals surface area contributed by atoms with E-state index in [0.29, 0.717) is 21.6 Å². The number of carbonyl (C=O) groups is 2. The molecule has 1 unspecified atom stereocenters. The van der Waals surface area contributed by atoms with Crippen LogP contribution in [0.4, 0.5) is 0 Å².